The number of carbonyl (C=O) groups excluding carboxylic acids is 4. The maximum Gasteiger partial charge on any atom is 0.343 e. The van der Waals surface area contributed by atoms with Crippen LogP contribution in [0.1, 0.15) is 6.42 Å². The SMILES string of the molecule is COC(=O)C1=C2C(=O)NCCN2[C@H](C(=O)Nc2ccc(F)cc2)CC1=O. The van der Waals surface area contributed by atoms with Crippen LogP contribution in [-0.4, -0.2) is 54.7 Å². The molecule has 0 aromatic heterocycles. The molecule has 1 fully saturated rings. The fourth-order valence-electron chi connectivity index (χ4n) is 3.01. The lowest BCUT2D eigenvalue weighted by atomic mass is 9.92. The van der Waals surface area contributed by atoms with Gasteiger partial charge in [0.05, 0.1) is 7.11 Å². The molecule has 0 aliphatic carbocycles. The third-order valence-corrected chi connectivity index (χ3v) is 4.22. The van der Waals surface area contributed by atoms with E-state index in [2.05, 4.69) is 15.4 Å². The van der Waals surface area contributed by atoms with Crippen molar-refractivity contribution in [3.63, 3.8) is 0 Å². The second kappa shape index (κ2) is 6.95. The van der Waals surface area contributed by atoms with E-state index in [1.165, 1.54) is 29.2 Å². The number of ether oxygens (including phenoxy) is 1. The van der Waals surface area contributed by atoms with E-state index >= 15 is 0 Å². The zero-order valence-electron chi connectivity index (χ0n) is 13.9. The van der Waals surface area contributed by atoms with Gasteiger partial charge in [-0.1, -0.05) is 0 Å². The number of carbonyl (C=O) groups is 4. The number of methoxy groups -OCH3 is 1. The number of nitrogens with one attached hydrogen (secondary N) is 2. The van der Waals surface area contributed by atoms with Crippen LogP contribution in [0.15, 0.2) is 35.5 Å². The molecule has 0 unspecified atom stereocenters. The number of esters is 1. The summed E-state index contributed by atoms with van der Waals surface area (Å²) in [7, 11) is 1.11. The van der Waals surface area contributed by atoms with Crippen molar-refractivity contribution >= 4 is 29.3 Å². The number of Topliss-reactive ketones (excluding diaryl/α,β-unsaturated/α-hetero) is 1. The molecular weight excluding hydrogens is 345 g/mol. The molecule has 2 heterocycles. The number of amides is 2. The Hall–Kier alpha value is -3.23. The van der Waals surface area contributed by atoms with E-state index in [0.717, 1.165) is 7.11 Å². The van der Waals surface area contributed by atoms with Crippen molar-refractivity contribution in [1.82, 2.24) is 10.2 Å². The Bertz CT molecular complexity index is 818. The summed E-state index contributed by atoms with van der Waals surface area (Å²) in [5.74, 6) is -3.13. The average Bonchev–Trinajstić information content (AvgIpc) is 2.63. The summed E-state index contributed by atoms with van der Waals surface area (Å²) in [5.41, 5.74) is -0.149. The Morgan fingerprint density at radius 3 is 2.62 bits per heavy atom. The van der Waals surface area contributed by atoms with E-state index in [1.54, 1.807) is 0 Å². The number of hydrogen-bond donors (Lipinski definition) is 2. The Balaban J connectivity index is 1.92. The molecule has 0 radical (unpaired) electrons. The topological polar surface area (TPSA) is 105 Å². The van der Waals surface area contributed by atoms with Gasteiger partial charge in [0.25, 0.3) is 5.91 Å². The molecule has 2 N–H and O–H groups in total. The number of halogens is 1. The Morgan fingerprint density at radius 2 is 1.96 bits per heavy atom. The van der Waals surface area contributed by atoms with Crippen molar-refractivity contribution in [2.45, 2.75) is 12.5 Å². The number of hydrogen-bond acceptors (Lipinski definition) is 6. The zero-order chi connectivity index (χ0) is 18.8. The molecule has 1 aromatic rings. The molecule has 0 spiro atoms. The highest BCUT2D eigenvalue weighted by atomic mass is 19.1. The molecule has 2 aliphatic heterocycles. The van der Waals surface area contributed by atoms with Gasteiger partial charge < -0.3 is 20.3 Å². The summed E-state index contributed by atoms with van der Waals surface area (Å²) in [6, 6.07) is 4.20. The van der Waals surface area contributed by atoms with Crippen LogP contribution in [0.3, 0.4) is 0 Å². The molecule has 2 aliphatic rings. The van der Waals surface area contributed by atoms with E-state index in [9.17, 15) is 23.6 Å². The van der Waals surface area contributed by atoms with Crippen LogP contribution >= 0.6 is 0 Å². The van der Waals surface area contributed by atoms with Gasteiger partial charge in [-0.15, -0.1) is 0 Å². The van der Waals surface area contributed by atoms with Crippen LogP contribution in [0.2, 0.25) is 0 Å². The number of fused-ring (bicyclic) bond motifs is 1. The minimum atomic E-state index is -0.956. The zero-order valence-corrected chi connectivity index (χ0v) is 13.9. The first-order chi connectivity index (χ1) is 12.4. The summed E-state index contributed by atoms with van der Waals surface area (Å²) < 4.78 is 17.6. The lowest BCUT2D eigenvalue weighted by Crippen LogP contribution is -2.57. The number of piperazine rings is 1. The van der Waals surface area contributed by atoms with Gasteiger partial charge in [0.15, 0.2) is 5.78 Å². The molecule has 1 aromatic carbocycles. The van der Waals surface area contributed by atoms with Crippen LogP contribution in [-0.2, 0) is 23.9 Å². The molecular formula is C17H16FN3O5. The molecule has 2 amide bonds. The normalized spacial score (nSPS) is 19.6. The first-order valence-corrected chi connectivity index (χ1v) is 7.89. The van der Waals surface area contributed by atoms with Crippen molar-refractivity contribution in [1.29, 1.82) is 0 Å². The lowest BCUT2D eigenvalue weighted by molar-refractivity contribution is -0.141. The van der Waals surface area contributed by atoms with Gasteiger partial charge in [-0.25, -0.2) is 9.18 Å². The van der Waals surface area contributed by atoms with Gasteiger partial charge in [-0.05, 0) is 24.3 Å². The molecule has 1 atom stereocenters. The van der Waals surface area contributed by atoms with Crippen molar-refractivity contribution in [3.8, 4) is 0 Å². The number of ketones is 1. The van der Waals surface area contributed by atoms with Gasteiger partial charge in [-0.3, -0.25) is 14.4 Å². The molecule has 9 heteroatoms. The minimum Gasteiger partial charge on any atom is -0.465 e. The minimum absolute atomic E-state index is 0.154. The number of rotatable bonds is 3. The highest BCUT2D eigenvalue weighted by Gasteiger charge is 2.44. The van der Waals surface area contributed by atoms with Gasteiger partial charge in [0.2, 0.25) is 5.91 Å². The van der Waals surface area contributed by atoms with E-state index in [0.29, 0.717) is 5.69 Å². The molecule has 3 rings (SSSR count). The van der Waals surface area contributed by atoms with Gasteiger partial charge in [0, 0.05) is 25.2 Å². The molecule has 136 valence electrons. The predicted molar refractivity (Wildman–Crippen MR) is 87.2 cm³/mol. The fourth-order valence-corrected chi connectivity index (χ4v) is 3.01. The second-order valence-corrected chi connectivity index (χ2v) is 5.80. The highest BCUT2D eigenvalue weighted by Crippen LogP contribution is 2.28. The van der Waals surface area contributed by atoms with Crippen LogP contribution in [0, 0.1) is 5.82 Å². The van der Waals surface area contributed by atoms with E-state index in [1.807, 2.05) is 0 Å². The summed E-state index contributed by atoms with van der Waals surface area (Å²) >= 11 is 0. The third-order valence-electron chi connectivity index (χ3n) is 4.22. The fraction of sp³-hybridized carbons (Fsp3) is 0.294. The molecule has 0 saturated carbocycles. The monoisotopic (exact) mass is 361 g/mol. The van der Waals surface area contributed by atoms with Crippen molar-refractivity contribution in [2.75, 3.05) is 25.5 Å². The summed E-state index contributed by atoms with van der Waals surface area (Å²) in [5, 5.41) is 5.15. The Kier molecular flexibility index (Phi) is 4.70. The summed E-state index contributed by atoms with van der Waals surface area (Å²) in [4.78, 5) is 50.6. The molecule has 8 nitrogen and oxygen atoms in total. The molecule has 26 heavy (non-hydrogen) atoms. The van der Waals surface area contributed by atoms with Crippen LogP contribution in [0.25, 0.3) is 0 Å². The van der Waals surface area contributed by atoms with E-state index in [4.69, 9.17) is 0 Å². The Labute approximate surface area is 148 Å². The summed E-state index contributed by atoms with van der Waals surface area (Å²) in [6.07, 6.45) is -0.270. The van der Waals surface area contributed by atoms with E-state index in [-0.39, 0.29) is 30.8 Å². The van der Waals surface area contributed by atoms with Crippen LogP contribution < -0.4 is 10.6 Å². The van der Waals surface area contributed by atoms with Crippen molar-refractivity contribution in [2.24, 2.45) is 0 Å². The lowest BCUT2D eigenvalue weighted by Gasteiger charge is -2.40. The highest BCUT2D eigenvalue weighted by molar-refractivity contribution is 6.24. The van der Waals surface area contributed by atoms with Gasteiger partial charge >= 0.3 is 5.97 Å². The largest absolute Gasteiger partial charge is 0.465 e. The number of benzene rings is 1. The maximum atomic E-state index is 13.0. The van der Waals surface area contributed by atoms with E-state index < -0.39 is 35.4 Å². The smallest absolute Gasteiger partial charge is 0.343 e. The summed E-state index contributed by atoms with van der Waals surface area (Å²) in [6.45, 7) is 0.529. The average molecular weight is 361 g/mol. The van der Waals surface area contributed by atoms with Crippen LogP contribution in [0.5, 0.6) is 0 Å². The maximum absolute atomic E-state index is 13.0. The molecule has 0 bridgehead atoms. The predicted octanol–water partition coefficient (Wildman–Crippen LogP) is -0.0355. The molecule has 1 saturated heterocycles. The van der Waals surface area contributed by atoms with Gasteiger partial charge in [0.1, 0.15) is 23.1 Å². The number of nitrogens with zero attached hydrogens (tertiary/aromatic N) is 1. The Morgan fingerprint density at radius 1 is 1.27 bits per heavy atom. The van der Waals surface area contributed by atoms with Crippen LogP contribution in [0.4, 0.5) is 10.1 Å². The van der Waals surface area contributed by atoms with Gasteiger partial charge in [-0.2, -0.15) is 0 Å². The third kappa shape index (κ3) is 3.15. The first kappa shape index (κ1) is 17.6. The second-order valence-electron chi connectivity index (χ2n) is 5.80. The van der Waals surface area contributed by atoms with Crippen molar-refractivity contribution in [3.05, 3.63) is 41.4 Å². The standard InChI is InChI=1S/C17H16FN3O5/c1-26-17(25)13-12(22)8-11(21-7-6-19-16(24)14(13)21)15(23)20-10-4-2-9(18)3-5-10/h2-5,11H,6-8H2,1H3,(H,19,24)(H,20,23)/t11-/m0/s1. The van der Waals surface area contributed by atoms with Crippen molar-refractivity contribution < 1.29 is 28.3 Å². The quantitative estimate of drug-likeness (QED) is 0.578. The number of anilines is 1. The first-order valence-electron chi connectivity index (χ1n) is 7.89.